The zero-order chi connectivity index (χ0) is 19.7. The quantitative estimate of drug-likeness (QED) is 0.641. The van der Waals surface area contributed by atoms with Gasteiger partial charge in [-0.25, -0.2) is 13.4 Å². The molecular weight excluding hydrogens is 378 g/mol. The predicted octanol–water partition coefficient (Wildman–Crippen LogP) is 1.22. The Bertz CT molecular complexity index is 1100. The molecule has 0 bridgehead atoms. The van der Waals surface area contributed by atoms with Crippen LogP contribution < -0.4 is 5.73 Å². The summed E-state index contributed by atoms with van der Waals surface area (Å²) < 4.78 is 27.5. The molecule has 146 valence electrons. The van der Waals surface area contributed by atoms with Gasteiger partial charge in [-0.2, -0.15) is 4.31 Å². The zero-order valence-corrected chi connectivity index (χ0v) is 16.0. The lowest BCUT2D eigenvalue weighted by Gasteiger charge is -2.34. The summed E-state index contributed by atoms with van der Waals surface area (Å²) in [5.74, 6) is -0.0156. The molecule has 0 saturated carbocycles. The highest BCUT2D eigenvalue weighted by atomic mass is 32.2. The van der Waals surface area contributed by atoms with Crippen molar-refractivity contribution < 1.29 is 13.2 Å². The maximum atomic E-state index is 13.0. The molecule has 9 heteroatoms. The molecule has 8 nitrogen and oxygen atoms in total. The summed E-state index contributed by atoms with van der Waals surface area (Å²) in [5.41, 5.74) is 7.75. The van der Waals surface area contributed by atoms with Crippen molar-refractivity contribution in [2.24, 2.45) is 0 Å². The van der Waals surface area contributed by atoms with Gasteiger partial charge < -0.3 is 15.6 Å². The number of aromatic nitrogens is 2. The van der Waals surface area contributed by atoms with Gasteiger partial charge in [-0.1, -0.05) is 12.1 Å². The first-order chi connectivity index (χ1) is 13.4. The van der Waals surface area contributed by atoms with Crippen molar-refractivity contribution >= 4 is 32.7 Å². The number of benzene rings is 1. The number of hydrogen-bond acceptors (Lipinski definition) is 5. The molecule has 1 aromatic carbocycles. The van der Waals surface area contributed by atoms with Crippen LogP contribution in [0.2, 0.25) is 0 Å². The van der Waals surface area contributed by atoms with Crippen LogP contribution in [0.1, 0.15) is 5.56 Å². The van der Waals surface area contributed by atoms with Gasteiger partial charge in [0.1, 0.15) is 10.5 Å². The first-order valence-electron chi connectivity index (χ1n) is 8.99. The molecule has 1 aliphatic rings. The summed E-state index contributed by atoms with van der Waals surface area (Å²) in [6.45, 7) is 1.27. The van der Waals surface area contributed by atoms with E-state index in [-0.39, 0.29) is 30.3 Å². The van der Waals surface area contributed by atoms with E-state index in [1.165, 1.54) is 10.5 Å². The smallest absolute Gasteiger partial charge is 0.245 e. The Hall–Kier alpha value is -2.91. The maximum absolute atomic E-state index is 13.0. The molecule has 0 atom stereocenters. The molecule has 0 radical (unpaired) electrons. The number of aromatic amines is 1. The van der Waals surface area contributed by atoms with Crippen molar-refractivity contribution in [2.75, 3.05) is 31.9 Å². The topological polar surface area (TPSA) is 112 Å². The van der Waals surface area contributed by atoms with Crippen molar-refractivity contribution in [3.8, 4) is 0 Å². The van der Waals surface area contributed by atoms with Crippen LogP contribution in [-0.2, 0) is 21.2 Å². The lowest BCUT2D eigenvalue weighted by molar-refractivity contribution is -0.131. The standard InChI is InChI=1S/C19H21N5O3S/c20-15-5-3-14(4-6-15)12-18(25)23-8-10-24(11-9-23)28(26,27)17-13-22-19-16(17)2-1-7-21-19/h1-7,13H,8-12,20H2,(H,21,22). The molecule has 0 spiro atoms. The number of pyridine rings is 1. The van der Waals surface area contributed by atoms with E-state index in [2.05, 4.69) is 9.97 Å². The first-order valence-corrected chi connectivity index (χ1v) is 10.4. The lowest BCUT2D eigenvalue weighted by atomic mass is 10.1. The first kappa shape index (κ1) is 18.5. The van der Waals surface area contributed by atoms with Crippen molar-refractivity contribution in [3.05, 3.63) is 54.4 Å². The monoisotopic (exact) mass is 399 g/mol. The number of nitrogens with zero attached hydrogens (tertiary/aromatic N) is 3. The number of rotatable bonds is 4. The number of H-pyrrole nitrogens is 1. The van der Waals surface area contributed by atoms with Gasteiger partial charge in [0.15, 0.2) is 0 Å². The number of anilines is 1. The number of sulfonamides is 1. The molecule has 1 saturated heterocycles. The third-order valence-electron chi connectivity index (χ3n) is 4.96. The molecule has 1 aliphatic heterocycles. The van der Waals surface area contributed by atoms with Gasteiger partial charge >= 0.3 is 0 Å². The van der Waals surface area contributed by atoms with Crippen LogP contribution in [0.25, 0.3) is 11.0 Å². The molecular formula is C19H21N5O3S. The Morgan fingerprint density at radius 3 is 2.54 bits per heavy atom. The van der Waals surface area contributed by atoms with Crippen molar-refractivity contribution in [2.45, 2.75) is 11.3 Å². The van der Waals surface area contributed by atoms with Crippen LogP contribution in [0.4, 0.5) is 5.69 Å². The van der Waals surface area contributed by atoms with Gasteiger partial charge in [0.2, 0.25) is 15.9 Å². The summed E-state index contributed by atoms with van der Waals surface area (Å²) in [6, 6.07) is 10.6. The highest BCUT2D eigenvalue weighted by Crippen LogP contribution is 2.25. The van der Waals surface area contributed by atoms with E-state index in [9.17, 15) is 13.2 Å². The third kappa shape index (κ3) is 3.46. The second kappa shape index (κ2) is 7.25. The van der Waals surface area contributed by atoms with Crippen LogP contribution in [0, 0.1) is 0 Å². The Morgan fingerprint density at radius 1 is 1.11 bits per heavy atom. The molecule has 4 rings (SSSR count). The Labute approximate surface area is 163 Å². The van der Waals surface area contributed by atoms with Gasteiger partial charge in [-0.15, -0.1) is 0 Å². The number of amides is 1. The molecule has 1 amide bonds. The highest BCUT2D eigenvalue weighted by molar-refractivity contribution is 7.89. The van der Waals surface area contributed by atoms with Crippen LogP contribution in [0.5, 0.6) is 0 Å². The number of piperazine rings is 1. The SMILES string of the molecule is Nc1ccc(CC(=O)N2CCN(S(=O)(=O)c3c[nH]c4ncccc34)CC2)cc1. The summed E-state index contributed by atoms with van der Waals surface area (Å²) in [7, 11) is -3.65. The maximum Gasteiger partial charge on any atom is 0.245 e. The van der Waals surface area contributed by atoms with E-state index in [0.717, 1.165) is 5.56 Å². The second-order valence-corrected chi connectivity index (χ2v) is 8.66. The van der Waals surface area contributed by atoms with Gasteiger partial charge in [0.05, 0.1) is 6.42 Å². The van der Waals surface area contributed by atoms with Gasteiger partial charge in [0, 0.05) is 49.6 Å². The molecule has 3 heterocycles. The fourth-order valence-electron chi connectivity index (χ4n) is 3.38. The van der Waals surface area contributed by atoms with Crippen molar-refractivity contribution in [3.63, 3.8) is 0 Å². The van der Waals surface area contributed by atoms with E-state index in [0.29, 0.717) is 29.8 Å². The fraction of sp³-hybridized carbons (Fsp3) is 0.263. The van der Waals surface area contributed by atoms with Gasteiger partial charge in [0.25, 0.3) is 0 Å². The third-order valence-corrected chi connectivity index (χ3v) is 6.90. The minimum absolute atomic E-state index is 0.0156. The molecule has 2 aromatic heterocycles. The van der Waals surface area contributed by atoms with Crippen LogP contribution in [-0.4, -0.2) is 59.7 Å². The second-order valence-electron chi connectivity index (χ2n) is 6.76. The van der Waals surface area contributed by atoms with Crippen LogP contribution >= 0.6 is 0 Å². The normalized spacial score (nSPS) is 15.8. The van der Waals surface area contributed by atoms with Gasteiger partial charge in [-0.3, -0.25) is 4.79 Å². The number of nitrogens with two attached hydrogens (primary N) is 1. The van der Waals surface area contributed by atoms with Crippen LogP contribution in [0.3, 0.4) is 0 Å². The van der Waals surface area contributed by atoms with E-state index in [1.54, 1.807) is 35.4 Å². The Morgan fingerprint density at radius 2 is 1.82 bits per heavy atom. The summed E-state index contributed by atoms with van der Waals surface area (Å²) in [6.07, 6.45) is 3.37. The average Bonchev–Trinajstić information content (AvgIpc) is 3.15. The molecule has 0 aliphatic carbocycles. The Balaban J connectivity index is 1.43. The van der Waals surface area contributed by atoms with Crippen molar-refractivity contribution in [1.29, 1.82) is 0 Å². The summed E-state index contributed by atoms with van der Waals surface area (Å²) in [4.78, 5) is 21.5. The van der Waals surface area contributed by atoms with Crippen molar-refractivity contribution in [1.82, 2.24) is 19.2 Å². The number of fused-ring (bicyclic) bond motifs is 1. The minimum Gasteiger partial charge on any atom is -0.399 e. The number of nitrogen functional groups attached to an aromatic ring is 1. The largest absolute Gasteiger partial charge is 0.399 e. The zero-order valence-electron chi connectivity index (χ0n) is 15.2. The van der Waals surface area contributed by atoms with E-state index < -0.39 is 10.0 Å². The summed E-state index contributed by atoms with van der Waals surface area (Å²) in [5, 5.41) is 0.573. The average molecular weight is 399 g/mol. The fourth-order valence-corrected chi connectivity index (χ4v) is 4.96. The molecule has 3 aromatic rings. The van der Waals surface area contributed by atoms with E-state index >= 15 is 0 Å². The predicted molar refractivity (Wildman–Crippen MR) is 106 cm³/mol. The highest BCUT2D eigenvalue weighted by Gasteiger charge is 2.31. The number of hydrogen-bond donors (Lipinski definition) is 2. The number of nitrogens with one attached hydrogen (secondary N) is 1. The molecule has 28 heavy (non-hydrogen) atoms. The van der Waals surface area contributed by atoms with Crippen LogP contribution in [0.15, 0.2) is 53.7 Å². The van der Waals surface area contributed by atoms with Gasteiger partial charge in [-0.05, 0) is 29.8 Å². The Kier molecular flexibility index (Phi) is 4.78. The molecule has 0 unspecified atom stereocenters. The minimum atomic E-state index is -3.65. The lowest BCUT2D eigenvalue weighted by Crippen LogP contribution is -2.50. The van der Waals surface area contributed by atoms with E-state index in [1.807, 2.05) is 12.1 Å². The van der Waals surface area contributed by atoms with E-state index in [4.69, 9.17) is 5.73 Å². The summed E-state index contributed by atoms with van der Waals surface area (Å²) >= 11 is 0. The number of carbonyl (C=O) groups excluding carboxylic acids is 1. The number of carbonyl (C=O) groups is 1. The molecule has 1 fully saturated rings. The molecule has 3 N–H and O–H groups in total.